The van der Waals surface area contributed by atoms with Crippen LogP contribution in [0.2, 0.25) is 0 Å². The molecule has 116 valence electrons. The van der Waals surface area contributed by atoms with Gasteiger partial charge in [-0.15, -0.1) is 0 Å². The Labute approximate surface area is 123 Å². The second-order valence-electron chi connectivity index (χ2n) is 4.99. The van der Waals surface area contributed by atoms with Gasteiger partial charge in [0, 0.05) is 24.8 Å². The predicted molar refractivity (Wildman–Crippen MR) is 78.5 cm³/mol. The first-order valence-electron chi connectivity index (χ1n) is 7.19. The molecule has 0 bridgehead atoms. The van der Waals surface area contributed by atoms with Crippen molar-refractivity contribution in [1.82, 2.24) is 5.32 Å². The highest BCUT2D eigenvalue weighted by Crippen LogP contribution is 2.18. The standard InChI is InChI=1S/C15H21FN2O3/c16-7-1-8-17-15(19)18-13-2-4-14(5-3-13)21-11-12-6-9-20-10-12/h2-5,12H,1,6-11H2,(H2,17,18,19)/t12-/m0/s1. The highest BCUT2D eigenvalue weighted by molar-refractivity contribution is 5.89. The first-order valence-corrected chi connectivity index (χ1v) is 7.19. The van der Waals surface area contributed by atoms with Crippen molar-refractivity contribution in [2.45, 2.75) is 12.8 Å². The summed E-state index contributed by atoms with van der Waals surface area (Å²) in [6.07, 6.45) is 1.36. The smallest absolute Gasteiger partial charge is 0.319 e. The molecule has 0 aromatic heterocycles. The van der Waals surface area contributed by atoms with Gasteiger partial charge in [-0.1, -0.05) is 0 Å². The maximum atomic E-state index is 11.9. The summed E-state index contributed by atoms with van der Waals surface area (Å²) in [6.45, 7) is 2.12. The molecule has 1 aromatic rings. The SMILES string of the molecule is O=C(NCCCF)Nc1ccc(OC[C@H]2CCOC2)cc1. The van der Waals surface area contributed by atoms with Crippen molar-refractivity contribution in [3.8, 4) is 5.75 Å². The third-order valence-corrected chi connectivity index (χ3v) is 3.22. The van der Waals surface area contributed by atoms with Crippen LogP contribution < -0.4 is 15.4 Å². The minimum atomic E-state index is -0.432. The molecule has 2 amide bonds. The van der Waals surface area contributed by atoms with E-state index in [-0.39, 0.29) is 6.03 Å². The fourth-order valence-electron chi connectivity index (χ4n) is 2.01. The molecule has 0 radical (unpaired) electrons. The van der Waals surface area contributed by atoms with Crippen molar-refractivity contribution in [2.75, 3.05) is 38.4 Å². The molecule has 1 aromatic carbocycles. The maximum Gasteiger partial charge on any atom is 0.319 e. The monoisotopic (exact) mass is 296 g/mol. The Hall–Kier alpha value is -1.82. The van der Waals surface area contributed by atoms with Crippen LogP contribution in [0.15, 0.2) is 24.3 Å². The number of anilines is 1. The first-order chi connectivity index (χ1) is 10.3. The van der Waals surface area contributed by atoms with Gasteiger partial charge in [-0.05, 0) is 37.1 Å². The Morgan fingerprint density at radius 1 is 1.38 bits per heavy atom. The van der Waals surface area contributed by atoms with Gasteiger partial charge >= 0.3 is 6.03 Å². The average molecular weight is 296 g/mol. The summed E-state index contributed by atoms with van der Waals surface area (Å²) in [6, 6.07) is 6.84. The summed E-state index contributed by atoms with van der Waals surface area (Å²) >= 11 is 0. The lowest BCUT2D eigenvalue weighted by Gasteiger charge is -2.11. The summed E-state index contributed by atoms with van der Waals surface area (Å²) in [5, 5.41) is 5.25. The Balaban J connectivity index is 1.71. The minimum Gasteiger partial charge on any atom is -0.493 e. The number of amides is 2. The van der Waals surface area contributed by atoms with E-state index in [0.29, 0.717) is 31.2 Å². The van der Waals surface area contributed by atoms with Gasteiger partial charge in [0.05, 0.1) is 19.9 Å². The second-order valence-corrected chi connectivity index (χ2v) is 4.99. The third kappa shape index (κ3) is 5.59. The van der Waals surface area contributed by atoms with Crippen molar-refractivity contribution >= 4 is 11.7 Å². The molecule has 5 nitrogen and oxygen atoms in total. The summed E-state index contributed by atoms with van der Waals surface area (Å²) < 4.78 is 22.9. The molecule has 21 heavy (non-hydrogen) atoms. The largest absolute Gasteiger partial charge is 0.493 e. The number of halogens is 1. The van der Waals surface area contributed by atoms with E-state index in [1.165, 1.54) is 0 Å². The van der Waals surface area contributed by atoms with Crippen LogP contribution in [0.4, 0.5) is 14.9 Å². The van der Waals surface area contributed by atoms with Crippen LogP contribution in [0.1, 0.15) is 12.8 Å². The van der Waals surface area contributed by atoms with Crippen LogP contribution in [0.25, 0.3) is 0 Å². The number of benzene rings is 1. The molecule has 1 fully saturated rings. The van der Waals surface area contributed by atoms with E-state index in [4.69, 9.17) is 9.47 Å². The zero-order valence-corrected chi connectivity index (χ0v) is 11.9. The molecule has 1 aliphatic heterocycles. The third-order valence-electron chi connectivity index (χ3n) is 3.22. The number of hydrogen-bond acceptors (Lipinski definition) is 3. The van der Waals surface area contributed by atoms with Crippen molar-refractivity contribution < 1.29 is 18.7 Å². The lowest BCUT2D eigenvalue weighted by atomic mass is 10.1. The highest BCUT2D eigenvalue weighted by Gasteiger charge is 2.16. The number of urea groups is 1. The molecule has 2 rings (SSSR count). The molecule has 6 heteroatoms. The quantitative estimate of drug-likeness (QED) is 0.760. The van der Waals surface area contributed by atoms with Gasteiger partial charge in [0.15, 0.2) is 0 Å². The van der Waals surface area contributed by atoms with Crippen molar-refractivity contribution in [3.63, 3.8) is 0 Å². The van der Waals surface area contributed by atoms with Crippen LogP contribution in [0.3, 0.4) is 0 Å². The van der Waals surface area contributed by atoms with E-state index >= 15 is 0 Å². The topological polar surface area (TPSA) is 59.6 Å². The summed E-state index contributed by atoms with van der Waals surface area (Å²) in [5.74, 6) is 1.23. The second kappa shape index (κ2) is 8.46. The van der Waals surface area contributed by atoms with Crippen LogP contribution >= 0.6 is 0 Å². The Kier molecular flexibility index (Phi) is 6.27. The normalized spacial score (nSPS) is 17.5. The average Bonchev–Trinajstić information content (AvgIpc) is 3.00. The van der Waals surface area contributed by atoms with Crippen molar-refractivity contribution in [2.24, 2.45) is 5.92 Å². The summed E-state index contributed by atoms with van der Waals surface area (Å²) in [5.41, 5.74) is 0.671. The minimum absolute atomic E-state index is 0.324. The Bertz CT molecular complexity index is 433. The van der Waals surface area contributed by atoms with Gasteiger partial charge in [0.1, 0.15) is 5.75 Å². The summed E-state index contributed by atoms with van der Waals surface area (Å²) in [7, 11) is 0. The molecular formula is C15H21FN2O3. The summed E-state index contributed by atoms with van der Waals surface area (Å²) in [4.78, 5) is 11.5. The molecular weight excluding hydrogens is 275 g/mol. The van der Waals surface area contributed by atoms with E-state index in [2.05, 4.69) is 10.6 Å². The molecule has 1 heterocycles. The number of ether oxygens (including phenoxy) is 2. The van der Waals surface area contributed by atoms with Crippen LogP contribution in [-0.2, 0) is 4.74 Å². The number of nitrogens with one attached hydrogen (secondary N) is 2. The van der Waals surface area contributed by atoms with Crippen molar-refractivity contribution in [1.29, 1.82) is 0 Å². The number of carbonyl (C=O) groups is 1. The van der Waals surface area contributed by atoms with Gasteiger partial charge in [-0.25, -0.2) is 4.79 Å². The van der Waals surface area contributed by atoms with Crippen LogP contribution in [0, 0.1) is 5.92 Å². The Morgan fingerprint density at radius 2 is 2.19 bits per heavy atom. The molecule has 1 saturated heterocycles. The fourth-order valence-corrected chi connectivity index (χ4v) is 2.01. The first kappa shape index (κ1) is 15.6. The van der Waals surface area contributed by atoms with Gasteiger partial charge in [-0.2, -0.15) is 0 Å². The highest BCUT2D eigenvalue weighted by atomic mass is 19.1. The van der Waals surface area contributed by atoms with E-state index < -0.39 is 6.67 Å². The predicted octanol–water partition coefficient (Wildman–Crippen LogP) is 2.58. The van der Waals surface area contributed by atoms with E-state index in [1.54, 1.807) is 12.1 Å². The fraction of sp³-hybridized carbons (Fsp3) is 0.533. The molecule has 0 unspecified atom stereocenters. The van der Waals surface area contributed by atoms with Gasteiger partial charge in [0.25, 0.3) is 0 Å². The lowest BCUT2D eigenvalue weighted by Crippen LogP contribution is -2.29. The molecule has 1 atom stereocenters. The number of rotatable bonds is 7. The van der Waals surface area contributed by atoms with Gasteiger partial charge in [-0.3, -0.25) is 4.39 Å². The van der Waals surface area contributed by atoms with Crippen molar-refractivity contribution in [3.05, 3.63) is 24.3 Å². The van der Waals surface area contributed by atoms with E-state index in [0.717, 1.165) is 25.4 Å². The van der Waals surface area contributed by atoms with E-state index in [1.807, 2.05) is 12.1 Å². The molecule has 1 aliphatic rings. The molecule has 0 aliphatic carbocycles. The van der Waals surface area contributed by atoms with Crippen LogP contribution in [-0.4, -0.2) is 39.1 Å². The molecule has 0 spiro atoms. The Morgan fingerprint density at radius 3 is 2.86 bits per heavy atom. The molecule has 2 N–H and O–H groups in total. The van der Waals surface area contributed by atoms with Gasteiger partial charge < -0.3 is 20.1 Å². The van der Waals surface area contributed by atoms with Crippen LogP contribution in [0.5, 0.6) is 5.75 Å². The number of alkyl halides is 1. The lowest BCUT2D eigenvalue weighted by molar-refractivity contribution is 0.167. The van der Waals surface area contributed by atoms with Gasteiger partial charge in [0.2, 0.25) is 0 Å². The zero-order chi connectivity index (χ0) is 14.9. The number of carbonyl (C=O) groups excluding carboxylic acids is 1. The number of hydrogen-bond donors (Lipinski definition) is 2. The van der Waals surface area contributed by atoms with E-state index in [9.17, 15) is 9.18 Å². The maximum absolute atomic E-state index is 11.9. The zero-order valence-electron chi connectivity index (χ0n) is 11.9. The molecule has 0 saturated carbocycles.